The lowest BCUT2D eigenvalue weighted by Gasteiger charge is -2.30. The van der Waals surface area contributed by atoms with Crippen LogP contribution in [0.4, 0.5) is 22.4 Å². The number of carbonyl (C=O) groups excluding carboxylic acids is 2. The molecule has 0 radical (unpaired) electrons. The first-order valence-corrected chi connectivity index (χ1v) is 12.5. The van der Waals surface area contributed by atoms with Gasteiger partial charge in [0.1, 0.15) is 11.4 Å². The minimum absolute atomic E-state index is 0.0192. The first-order chi connectivity index (χ1) is 18.9. The number of aromatic nitrogens is 2. The normalized spacial score (nSPS) is 13.2. The zero-order valence-electron chi connectivity index (χ0n) is 22.8. The fourth-order valence-corrected chi connectivity index (χ4v) is 4.18. The molecule has 1 atom stereocenters. The van der Waals surface area contributed by atoms with E-state index in [0.717, 1.165) is 30.3 Å². The van der Waals surface area contributed by atoms with E-state index >= 15 is 0 Å². The van der Waals surface area contributed by atoms with Gasteiger partial charge in [0.05, 0.1) is 22.4 Å². The molecule has 0 aliphatic heterocycles. The zero-order valence-corrected chi connectivity index (χ0v) is 22.8. The Bertz CT molecular complexity index is 1670. The highest BCUT2D eigenvalue weighted by Crippen LogP contribution is 2.39. The van der Waals surface area contributed by atoms with Crippen LogP contribution in [-0.2, 0) is 10.3 Å². The molecule has 2 aromatic carbocycles. The Kier molecular flexibility index (Phi) is 7.55. The van der Waals surface area contributed by atoms with E-state index in [2.05, 4.69) is 15.3 Å². The summed E-state index contributed by atoms with van der Waals surface area (Å²) < 4.78 is 67.6. The summed E-state index contributed by atoms with van der Waals surface area (Å²) in [7, 11) is 0. The Balaban J connectivity index is 1.86. The second-order valence-electron chi connectivity index (χ2n) is 11.0. The average Bonchev–Trinajstić information content (AvgIpc) is 3.21. The van der Waals surface area contributed by atoms with Crippen LogP contribution in [0.2, 0.25) is 0 Å². The van der Waals surface area contributed by atoms with Crippen molar-refractivity contribution in [1.29, 1.82) is 0 Å². The predicted molar refractivity (Wildman–Crippen MR) is 142 cm³/mol. The molecular weight excluding hydrogens is 546 g/mol. The molecule has 0 aliphatic carbocycles. The van der Waals surface area contributed by atoms with Gasteiger partial charge in [-0.3, -0.25) is 14.8 Å². The number of halogens is 4. The van der Waals surface area contributed by atoms with Gasteiger partial charge in [-0.1, -0.05) is 0 Å². The highest BCUT2D eigenvalue weighted by Gasteiger charge is 2.48. The van der Waals surface area contributed by atoms with Crippen LogP contribution in [0, 0.1) is 5.82 Å². The molecule has 0 aliphatic rings. The Morgan fingerprint density at radius 3 is 2.24 bits per heavy atom. The molecule has 41 heavy (non-hydrogen) atoms. The van der Waals surface area contributed by atoms with Crippen molar-refractivity contribution in [2.75, 3.05) is 0 Å². The van der Waals surface area contributed by atoms with Crippen molar-refractivity contribution in [3.63, 3.8) is 0 Å². The maximum atomic E-state index is 14.6. The van der Waals surface area contributed by atoms with Gasteiger partial charge >= 0.3 is 18.0 Å². The molecule has 2 aromatic heterocycles. The fraction of sp³-hybridized carbons (Fsp3) is 0.310. The highest BCUT2D eigenvalue weighted by atomic mass is 19.4. The number of Topliss-reactive ketones (excluding diaryl/α,β-unsaturated/α-hetero) is 1. The number of alkyl halides is 3. The maximum absolute atomic E-state index is 14.6. The van der Waals surface area contributed by atoms with Crippen molar-refractivity contribution in [1.82, 2.24) is 15.3 Å². The van der Waals surface area contributed by atoms with Crippen molar-refractivity contribution in [3.8, 4) is 11.3 Å². The quantitative estimate of drug-likeness (QED) is 0.198. The number of alkyl carbamates (subject to hydrolysis) is 1. The number of carbonyl (C=O) groups is 2. The van der Waals surface area contributed by atoms with Gasteiger partial charge in [0.25, 0.3) is 0 Å². The smallest absolute Gasteiger partial charge is 0.417 e. The lowest BCUT2D eigenvalue weighted by molar-refractivity contribution is -0.140. The van der Waals surface area contributed by atoms with Gasteiger partial charge < -0.3 is 14.5 Å². The summed E-state index contributed by atoms with van der Waals surface area (Å²) in [5.74, 6) is -5.44. The Hall–Kier alpha value is -4.48. The van der Waals surface area contributed by atoms with Crippen LogP contribution in [0.15, 0.2) is 63.8 Å². The van der Waals surface area contributed by atoms with E-state index in [9.17, 15) is 31.9 Å². The summed E-state index contributed by atoms with van der Waals surface area (Å²) in [6, 6.07) is 10.9. The number of benzene rings is 2. The van der Waals surface area contributed by atoms with Crippen molar-refractivity contribution in [2.24, 2.45) is 0 Å². The Morgan fingerprint density at radius 2 is 1.63 bits per heavy atom. The van der Waals surface area contributed by atoms with E-state index in [1.807, 2.05) is 0 Å². The Labute approximate surface area is 231 Å². The van der Waals surface area contributed by atoms with Gasteiger partial charge in [0.15, 0.2) is 17.3 Å². The number of ether oxygens (including phenoxy) is 1. The molecule has 2 heterocycles. The molecular formula is C29H27F4N3O5. The van der Waals surface area contributed by atoms with E-state index in [4.69, 9.17) is 9.15 Å². The molecule has 4 rings (SSSR count). The third-order valence-corrected chi connectivity index (χ3v) is 6.11. The van der Waals surface area contributed by atoms with Gasteiger partial charge in [-0.25, -0.2) is 14.0 Å². The third kappa shape index (κ3) is 6.82. The second-order valence-corrected chi connectivity index (χ2v) is 11.0. The summed E-state index contributed by atoms with van der Waals surface area (Å²) in [6.45, 7) is 8.08. The van der Waals surface area contributed by atoms with Crippen molar-refractivity contribution in [3.05, 3.63) is 87.8 Å². The number of rotatable bonds is 6. The first-order valence-electron chi connectivity index (χ1n) is 12.5. The van der Waals surface area contributed by atoms with Crippen LogP contribution in [0.3, 0.4) is 0 Å². The molecule has 216 valence electrons. The van der Waals surface area contributed by atoms with E-state index in [1.165, 1.54) is 24.3 Å². The molecule has 1 unspecified atom stereocenters. The maximum Gasteiger partial charge on any atom is 0.417 e. The van der Waals surface area contributed by atoms with E-state index in [-0.39, 0.29) is 33.5 Å². The molecule has 0 fully saturated rings. The van der Waals surface area contributed by atoms with Gasteiger partial charge in [0.2, 0.25) is 0 Å². The largest absolute Gasteiger partial charge is 0.444 e. The van der Waals surface area contributed by atoms with Gasteiger partial charge in [-0.05, 0) is 94.8 Å². The zero-order chi connectivity index (χ0) is 30.3. The van der Waals surface area contributed by atoms with Crippen LogP contribution >= 0.6 is 0 Å². The topological polar surface area (TPSA) is 114 Å². The molecule has 0 spiro atoms. The van der Waals surface area contributed by atoms with Crippen molar-refractivity contribution in [2.45, 2.75) is 57.9 Å². The van der Waals surface area contributed by atoms with Crippen molar-refractivity contribution < 1.29 is 36.3 Å². The SMILES string of the molecule is CC(C)(C)OC(=O)NC(C)(C)c1cc(-c2ccc(F)cc2)nc(C(C(=O)c2ccc3[nH]c(=O)oc3c2)C(F)(F)F)c1. The minimum Gasteiger partial charge on any atom is -0.444 e. The number of nitrogens with zero attached hydrogens (tertiary/aromatic N) is 1. The number of aromatic amines is 1. The lowest BCUT2D eigenvalue weighted by atomic mass is 9.88. The first kappa shape index (κ1) is 29.5. The number of H-pyrrole nitrogens is 1. The molecule has 4 aromatic rings. The van der Waals surface area contributed by atoms with E-state index < -0.39 is 52.4 Å². The average molecular weight is 574 g/mol. The summed E-state index contributed by atoms with van der Waals surface area (Å²) in [5.41, 5.74) is -2.52. The lowest BCUT2D eigenvalue weighted by Crippen LogP contribution is -2.44. The predicted octanol–water partition coefficient (Wildman–Crippen LogP) is 6.61. The van der Waals surface area contributed by atoms with Crippen LogP contribution in [0.25, 0.3) is 22.4 Å². The molecule has 0 saturated carbocycles. The van der Waals surface area contributed by atoms with Gasteiger partial charge in [-0.15, -0.1) is 0 Å². The van der Waals surface area contributed by atoms with Crippen LogP contribution in [-0.4, -0.2) is 33.6 Å². The summed E-state index contributed by atoms with van der Waals surface area (Å²) in [5, 5.41) is 2.64. The summed E-state index contributed by atoms with van der Waals surface area (Å²) >= 11 is 0. The number of amides is 1. The molecule has 12 heteroatoms. The Morgan fingerprint density at radius 1 is 0.976 bits per heavy atom. The van der Waals surface area contributed by atoms with Crippen LogP contribution in [0.5, 0.6) is 0 Å². The molecule has 0 bridgehead atoms. The molecule has 2 N–H and O–H groups in total. The summed E-state index contributed by atoms with van der Waals surface area (Å²) in [4.78, 5) is 44.0. The number of nitrogens with one attached hydrogen (secondary N) is 2. The molecule has 0 saturated heterocycles. The minimum atomic E-state index is -5.08. The van der Waals surface area contributed by atoms with E-state index in [1.54, 1.807) is 34.6 Å². The van der Waals surface area contributed by atoms with Crippen LogP contribution < -0.4 is 11.1 Å². The number of oxazole rings is 1. The highest BCUT2D eigenvalue weighted by molar-refractivity contribution is 6.03. The fourth-order valence-electron chi connectivity index (χ4n) is 4.18. The monoisotopic (exact) mass is 573 g/mol. The number of fused-ring (bicyclic) bond motifs is 1. The number of pyridine rings is 1. The van der Waals surface area contributed by atoms with E-state index in [0.29, 0.717) is 0 Å². The summed E-state index contributed by atoms with van der Waals surface area (Å²) in [6.07, 6.45) is -5.90. The van der Waals surface area contributed by atoms with Crippen LogP contribution in [0.1, 0.15) is 62.2 Å². The molecule has 8 nitrogen and oxygen atoms in total. The second kappa shape index (κ2) is 10.5. The number of ketones is 1. The third-order valence-electron chi connectivity index (χ3n) is 6.11. The molecule has 1 amide bonds. The van der Waals surface area contributed by atoms with Gasteiger partial charge in [-0.2, -0.15) is 13.2 Å². The van der Waals surface area contributed by atoms with Gasteiger partial charge in [0, 0.05) is 11.1 Å². The van der Waals surface area contributed by atoms with Crippen molar-refractivity contribution >= 4 is 23.0 Å². The standard InChI is InChI=1S/C29H27F4N3O5/c1-27(2,3)41-26(39)36-28(4,5)17-13-20(15-6-9-18(30)10-7-15)34-21(14-17)23(29(31,32)33)24(37)16-8-11-19-22(12-16)40-25(38)35-19/h6-14,23H,1-5H3,(H,35,38)(H,36,39). The number of hydrogen-bond acceptors (Lipinski definition) is 6. The number of hydrogen-bond donors (Lipinski definition) is 2.